The molecule has 0 aromatic heterocycles. The molecule has 20 heavy (non-hydrogen) atoms. The van der Waals surface area contributed by atoms with Crippen molar-refractivity contribution in [1.82, 2.24) is 10.2 Å². The van der Waals surface area contributed by atoms with Gasteiger partial charge in [0.2, 0.25) is 5.91 Å². The second-order valence-corrected chi connectivity index (χ2v) is 4.84. The number of nitrogens with zero attached hydrogens (tertiary/aromatic N) is 1. The third-order valence-corrected chi connectivity index (χ3v) is 3.44. The molecule has 0 aliphatic carbocycles. The minimum absolute atomic E-state index is 0.0291. The highest BCUT2D eigenvalue weighted by molar-refractivity contribution is 5.92. The summed E-state index contributed by atoms with van der Waals surface area (Å²) >= 11 is 0. The number of anilines is 1. The lowest BCUT2D eigenvalue weighted by atomic mass is 10.2. The molecule has 6 heteroatoms. The van der Waals surface area contributed by atoms with Crippen LogP contribution in [0.2, 0.25) is 0 Å². The van der Waals surface area contributed by atoms with Crippen LogP contribution in [-0.4, -0.2) is 56.7 Å². The molecule has 1 aliphatic heterocycles. The van der Waals surface area contributed by atoms with Crippen molar-refractivity contribution in [3.63, 3.8) is 0 Å². The first-order valence-corrected chi connectivity index (χ1v) is 6.81. The Morgan fingerprint density at radius 2 is 2.45 bits per heavy atom. The van der Waals surface area contributed by atoms with E-state index < -0.39 is 0 Å². The fourth-order valence-electron chi connectivity index (χ4n) is 2.33. The molecule has 110 valence electrons. The van der Waals surface area contributed by atoms with Crippen LogP contribution in [0, 0.1) is 0 Å². The molecule has 0 radical (unpaired) electrons. The van der Waals surface area contributed by atoms with Crippen LogP contribution in [0.4, 0.5) is 5.69 Å². The first kappa shape index (κ1) is 14.8. The first-order chi connectivity index (χ1) is 9.72. The third kappa shape index (κ3) is 3.93. The van der Waals surface area contributed by atoms with Gasteiger partial charge in [0.05, 0.1) is 13.7 Å². The molecule has 4 N–H and O–H groups in total. The maximum absolute atomic E-state index is 12.1. The van der Waals surface area contributed by atoms with E-state index in [1.54, 1.807) is 13.2 Å². The Kier molecular flexibility index (Phi) is 5.34. The average Bonchev–Trinajstić information content (AvgIpc) is 2.48. The van der Waals surface area contributed by atoms with Gasteiger partial charge in [0.25, 0.3) is 0 Å². The normalized spacial score (nSPS) is 19.6. The molecule has 0 bridgehead atoms. The van der Waals surface area contributed by atoms with Crippen molar-refractivity contribution in [2.75, 3.05) is 45.2 Å². The predicted octanol–water partition coefficient (Wildman–Crippen LogP) is -0.134. The van der Waals surface area contributed by atoms with E-state index in [1.807, 2.05) is 18.2 Å². The Bertz CT molecular complexity index is 453. The summed E-state index contributed by atoms with van der Waals surface area (Å²) in [5.74, 6) is 0.698. The third-order valence-electron chi connectivity index (χ3n) is 3.44. The van der Waals surface area contributed by atoms with Crippen LogP contribution in [-0.2, 0) is 4.79 Å². The van der Waals surface area contributed by atoms with Crippen LogP contribution in [0.15, 0.2) is 24.3 Å². The lowest BCUT2D eigenvalue weighted by Gasteiger charge is -2.34. The summed E-state index contributed by atoms with van der Waals surface area (Å²) in [6.45, 7) is 3.49. The number of nitrogens with two attached hydrogens (primary N) is 1. The second-order valence-electron chi connectivity index (χ2n) is 4.84. The van der Waals surface area contributed by atoms with Crippen molar-refractivity contribution < 1.29 is 9.53 Å². The minimum Gasteiger partial charge on any atom is -0.497 e. The highest BCUT2D eigenvalue weighted by Crippen LogP contribution is 2.16. The summed E-state index contributed by atoms with van der Waals surface area (Å²) in [4.78, 5) is 14.2. The van der Waals surface area contributed by atoms with Gasteiger partial charge in [-0.05, 0) is 12.1 Å². The SMILES string of the molecule is COc1cccc(NC(=O)CN2CCNCC2CN)c1. The Morgan fingerprint density at radius 1 is 1.60 bits per heavy atom. The van der Waals surface area contributed by atoms with Crippen molar-refractivity contribution in [3.8, 4) is 5.75 Å². The van der Waals surface area contributed by atoms with Gasteiger partial charge < -0.3 is 21.1 Å². The molecule has 1 atom stereocenters. The zero-order chi connectivity index (χ0) is 14.4. The molecule has 1 aromatic carbocycles. The zero-order valence-corrected chi connectivity index (χ0v) is 11.8. The van der Waals surface area contributed by atoms with E-state index in [-0.39, 0.29) is 11.9 Å². The first-order valence-electron chi connectivity index (χ1n) is 6.81. The number of amides is 1. The number of piperazine rings is 1. The topological polar surface area (TPSA) is 79.6 Å². The van der Waals surface area contributed by atoms with Crippen LogP contribution >= 0.6 is 0 Å². The predicted molar refractivity (Wildman–Crippen MR) is 78.9 cm³/mol. The highest BCUT2D eigenvalue weighted by atomic mass is 16.5. The highest BCUT2D eigenvalue weighted by Gasteiger charge is 2.22. The monoisotopic (exact) mass is 278 g/mol. The van der Waals surface area contributed by atoms with E-state index in [9.17, 15) is 4.79 Å². The molecule has 6 nitrogen and oxygen atoms in total. The molecule has 0 spiro atoms. The number of hydrogen-bond acceptors (Lipinski definition) is 5. The Morgan fingerprint density at radius 3 is 3.20 bits per heavy atom. The van der Waals surface area contributed by atoms with Crippen LogP contribution in [0.3, 0.4) is 0 Å². The van der Waals surface area contributed by atoms with Crippen LogP contribution in [0.5, 0.6) is 5.75 Å². The lowest BCUT2D eigenvalue weighted by molar-refractivity contribution is -0.118. The molecular weight excluding hydrogens is 256 g/mol. The molecular formula is C14H22N4O2. The van der Waals surface area contributed by atoms with Crippen molar-refractivity contribution in [2.45, 2.75) is 6.04 Å². The minimum atomic E-state index is -0.0291. The maximum Gasteiger partial charge on any atom is 0.238 e. The Labute approximate surface area is 119 Å². The van der Waals surface area contributed by atoms with Crippen molar-refractivity contribution in [2.24, 2.45) is 5.73 Å². The molecule has 0 saturated carbocycles. The van der Waals surface area contributed by atoms with Crippen molar-refractivity contribution in [1.29, 1.82) is 0 Å². The summed E-state index contributed by atoms with van der Waals surface area (Å²) in [5, 5.41) is 6.17. The molecule has 1 saturated heterocycles. The number of ether oxygens (including phenoxy) is 1. The molecule has 1 aromatic rings. The van der Waals surface area contributed by atoms with Gasteiger partial charge >= 0.3 is 0 Å². The van der Waals surface area contributed by atoms with E-state index in [0.717, 1.165) is 31.1 Å². The van der Waals surface area contributed by atoms with Crippen LogP contribution < -0.4 is 21.1 Å². The van der Waals surface area contributed by atoms with E-state index >= 15 is 0 Å². The van der Waals surface area contributed by atoms with Gasteiger partial charge in [-0.3, -0.25) is 9.69 Å². The molecule has 1 unspecified atom stereocenters. The van der Waals surface area contributed by atoms with Gasteiger partial charge in [-0.25, -0.2) is 0 Å². The fraction of sp³-hybridized carbons (Fsp3) is 0.500. The summed E-state index contributed by atoms with van der Waals surface area (Å²) < 4.78 is 5.13. The number of nitrogens with one attached hydrogen (secondary N) is 2. The van der Waals surface area contributed by atoms with E-state index in [0.29, 0.717) is 13.1 Å². The van der Waals surface area contributed by atoms with Gasteiger partial charge in [0.1, 0.15) is 5.75 Å². The standard InChI is InChI=1S/C14H22N4O2/c1-20-13-4-2-3-11(7-13)17-14(19)10-18-6-5-16-9-12(18)8-15/h2-4,7,12,16H,5-6,8-10,15H2,1H3,(H,17,19). The smallest absolute Gasteiger partial charge is 0.238 e. The quantitative estimate of drug-likeness (QED) is 0.699. The lowest BCUT2D eigenvalue weighted by Crippen LogP contribution is -2.56. The van der Waals surface area contributed by atoms with Crippen molar-refractivity contribution in [3.05, 3.63) is 24.3 Å². The van der Waals surface area contributed by atoms with Crippen LogP contribution in [0.1, 0.15) is 0 Å². The van der Waals surface area contributed by atoms with Gasteiger partial charge in [-0.1, -0.05) is 6.07 Å². The number of carbonyl (C=O) groups excluding carboxylic acids is 1. The van der Waals surface area contributed by atoms with Gasteiger partial charge in [0.15, 0.2) is 0 Å². The fourth-order valence-corrected chi connectivity index (χ4v) is 2.33. The Balaban J connectivity index is 1.90. The number of hydrogen-bond donors (Lipinski definition) is 3. The molecule has 1 amide bonds. The molecule has 1 aliphatic rings. The van der Waals surface area contributed by atoms with Gasteiger partial charge in [-0.2, -0.15) is 0 Å². The average molecular weight is 278 g/mol. The van der Waals surface area contributed by atoms with E-state index in [4.69, 9.17) is 10.5 Å². The number of rotatable bonds is 5. The molecule has 1 heterocycles. The maximum atomic E-state index is 12.1. The van der Waals surface area contributed by atoms with Crippen molar-refractivity contribution >= 4 is 11.6 Å². The summed E-state index contributed by atoms with van der Waals surface area (Å²) in [5.41, 5.74) is 6.47. The van der Waals surface area contributed by atoms with Crippen LogP contribution in [0.25, 0.3) is 0 Å². The largest absolute Gasteiger partial charge is 0.497 e. The zero-order valence-electron chi connectivity index (χ0n) is 11.8. The van der Waals surface area contributed by atoms with E-state index in [2.05, 4.69) is 15.5 Å². The Hall–Kier alpha value is -1.63. The summed E-state index contributed by atoms with van der Waals surface area (Å²) in [6.07, 6.45) is 0. The second kappa shape index (κ2) is 7.23. The summed E-state index contributed by atoms with van der Waals surface area (Å²) in [7, 11) is 1.60. The van der Waals surface area contributed by atoms with Gasteiger partial charge in [0, 0.05) is 44.0 Å². The van der Waals surface area contributed by atoms with Gasteiger partial charge in [-0.15, -0.1) is 0 Å². The number of methoxy groups -OCH3 is 1. The number of benzene rings is 1. The summed E-state index contributed by atoms with van der Waals surface area (Å²) in [6, 6.07) is 7.56. The molecule has 1 fully saturated rings. The number of carbonyl (C=O) groups is 1. The molecule has 2 rings (SSSR count). The van der Waals surface area contributed by atoms with E-state index in [1.165, 1.54) is 0 Å².